The molecule has 0 spiro atoms. The molecule has 0 N–H and O–H groups in total. The van der Waals surface area contributed by atoms with Gasteiger partial charge in [-0.05, 0) is 25.7 Å². The molecule has 5 nitrogen and oxygen atoms in total. The minimum Gasteiger partial charge on any atom is -0.273 e. The van der Waals surface area contributed by atoms with Crippen molar-refractivity contribution in [1.29, 1.82) is 0 Å². The molecule has 1 saturated heterocycles. The zero-order chi connectivity index (χ0) is 17.5. The van der Waals surface area contributed by atoms with E-state index >= 15 is 0 Å². The van der Waals surface area contributed by atoms with Crippen LogP contribution in [0.15, 0.2) is 25.3 Å². The van der Waals surface area contributed by atoms with E-state index in [0.29, 0.717) is 13.1 Å². The molecular weight excluding hydrogens is 292 g/mol. The van der Waals surface area contributed by atoms with Gasteiger partial charge in [-0.15, -0.1) is 13.2 Å². The van der Waals surface area contributed by atoms with Crippen LogP contribution in [-0.4, -0.2) is 40.7 Å². The maximum atomic E-state index is 12.9. The van der Waals surface area contributed by atoms with Crippen molar-refractivity contribution in [3.05, 3.63) is 25.3 Å². The Kier molecular flexibility index (Phi) is 7.20. The number of carbonyl (C=O) groups is 3. The number of imide groups is 2. The van der Waals surface area contributed by atoms with Gasteiger partial charge in [-0.1, -0.05) is 38.8 Å². The predicted octanol–water partition coefficient (Wildman–Crippen LogP) is 3.52. The molecule has 5 heteroatoms. The van der Waals surface area contributed by atoms with E-state index in [1.807, 2.05) is 13.8 Å². The van der Waals surface area contributed by atoms with Gasteiger partial charge in [-0.25, -0.2) is 4.79 Å². The van der Waals surface area contributed by atoms with Crippen LogP contribution < -0.4 is 0 Å². The van der Waals surface area contributed by atoms with E-state index in [2.05, 4.69) is 13.2 Å². The summed E-state index contributed by atoms with van der Waals surface area (Å²) in [6.07, 6.45) is 6.78. The first-order valence-corrected chi connectivity index (χ1v) is 8.39. The highest BCUT2D eigenvalue weighted by molar-refractivity contribution is 6.19. The summed E-state index contributed by atoms with van der Waals surface area (Å²) in [6, 6.07) is -0.481. The number of hydrogen-bond donors (Lipinski definition) is 0. The monoisotopic (exact) mass is 320 g/mol. The minimum absolute atomic E-state index is 0.217. The molecule has 0 aromatic carbocycles. The normalized spacial score (nSPS) is 17.6. The molecule has 0 atom stereocenters. The van der Waals surface area contributed by atoms with Crippen molar-refractivity contribution in [1.82, 2.24) is 9.80 Å². The molecule has 1 fully saturated rings. The molecule has 4 amide bonds. The van der Waals surface area contributed by atoms with Gasteiger partial charge < -0.3 is 0 Å². The first-order valence-electron chi connectivity index (χ1n) is 8.39. The van der Waals surface area contributed by atoms with Crippen molar-refractivity contribution in [3.8, 4) is 0 Å². The van der Waals surface area contributed by atoms with Gasteiger partial charge in [0.05, 0.1) is 0 Å². The van der Waals surface area contributed by atoms with Gasteiger partial charge in [0.2, 0.25) is 11.8 Å². The maximum absolute atomic E-state index is 12.9. The molecule has 1 aliphatic rings. The average molecular weight is 320 g/mol. The molecule has 1 heterocycles. The number of nitrogens with zero attached hydrogens (tertiary/aromatic N) is 2. The summed E-state index contributed by atoms with van der Waals surface area (Å²) in [6.45, 7) is 12.1. The fourth-order valence-corrected chi connectivity index (χ4v) is 2.88. The lowest BCUT2D eigenvalue weighted by Gasteiger charge is -2.43. The van der Waals surface area contributed by atoms with Crippen LogP contribution in [0.3, 0.4) is 0 Å². The summed E-state index contributed by atoms with van der Waals surface area (Å²) in [7, 11) is 0. The van der Waals surface area contributed by atoms with Crippen LogP contribution in [0.5, 0.6) is 0 Å². The van der Waals surface area contributed by atoms with Gasteiger partial charge in [0, 0.05) is 13.1 Å². The van der Waals surface area contributed by atoms with Crippen LogP contribution in [0, 0.1) is 5.41 Å². The fraction of sp³-hybridized carbons (Fsp3) is 0.611. The third-order valence-electron chi connectivity index (χ3n) is 4.23. The lowest BCUT2D eigenvalue weighted by Crippen LogP contribution is -2.65. The summed E-state index contributed by atoms with van der Waals surface area (Å²) in [5.74, 6) is -0.818. The lowest BCUT2D eigenvalue weighted by atomic mass is 9.76. The number of unbranched alkanes of at least 4 members (excludes halogenated alkanes) is 2. The second-order valence-electron chi connectivity index (χ2n) is 5.97. The zero-order valence-electron chi connectivity index (χ0n) is 14.3. The molecule has 0 aliphatic carbocycles. The van der Waals surface area contributed by atoms with Gasteiger partial charge in [0.25, 0.3) is 0 Å². The Balaban J connectivity index is 3.27. The highest BCUT2D eigenvalue weighted by Crippen LogP contribution is 2.37. The molecule has 0 saturated carbocycles. The van der Waals surface area contributed by atoms with Crippen LogP contribution in [0.25, 0.3) is 0 Å². The number of rotatable bonds is 10. The fourth-order valence-electron chi connectivity index (χ4n) is 2.88. The highest BCUT2D eigenvalue weighted by atomic mass is 16.2. The molecule has 23 heavy (non-hydrogen) atoms. The van der Waals surface area contributed by atoms with Crippen molar-refractivity contribution < 1.29 is 14.4 Å². The molecular formula is C18H28N2O3. The number of allylic oxidation sites excluding steroid dienone is 2. The van der Waals surface area contributed by atoms with E-state index in [-0.39, 0.29) is 12.8 Å². The van der Waals surface area contributed by atoms with Crippen molar-refractivity contribution in [2.45, 2.75) is 52.4 Å². The summed E-state index contributed by atoms with van der Waals surface area (Å²) in [4.78, 5) is 41.0. The third-order valence-corrected chi connectivity index (χ3v) is 4.23. The first-order chi connectivity index (χ1) is 11.0. The Bertz CT molecular complexity index is 443. The van der Waals surface area contributed by atoms with Crippen molar-refractivity contribution in [2.24, 2.45) is 5.41 Å². The maximum Gasteiger partial charge on any atom is 0.333 e. The quantitative estimate of drug-likeness (QED) is 0.457. The van der Waals surface area contributed by atoms with E-state index in [0.717, 1.165) is 25.7 Å². The Morgan fingerprint density at radius 1 is 0.870 bits per heavy atom. The smallest absolute Gasteiger partial charge is 0.273 e. The lowest BCUT2D eigenvalue weighted by molar-refractivity contribution is -0.158. The molecule has 1 rings (SSSR count). The van der Waals surface area contributed by atoms with Gasteiger partial charge in [-0.3, -0.25) is 19.4 Å². The molecule has 0 aromatic rings. The Morgan fingerprint density at radius 3 is 1.57 bits per heavy atom. The Labute approximate surface area is 139 Å². The summed E-state index contributed by atoms with van der Waals surface area (Å²) >= 11 is 0. The number of carbonyl (C=O) groups excluding carboxylic acids is 3. The van der Waals surface area contributed by atoms with E-state index in [1.165, 1.54) is 9.80 Å². The average Bonchev–Trinajstić information content (AvgIpc) is 2.53. The largest absolute Gasteiger partial charge is 0.333 e. The molecule has 0 bridgehead atoms. The highest BCUT2D eigenvalue weighted by Gasteiger charge is 2.55. The second kappa shape index (κ2) is 8.65. The number of amides is 4. The minimum atomic E-state index is -1.26. The van der Waals surface area contributed by atoms with Gasteiger partial charge in [0.15, 0.2) is 0 Å². The van der Waals surface area contributed by atoms with Crippen LogP contribution >= 0.6 is 0 Å². The second-order valence-corrected chi connectivity index (χ2v) is 5.97. The van der Waals surface area contributed by atoms with Crippen molar-refractivity contribution >= 4 is 17.8 Å². The van der Waals surface area contributed by atoms with E-state index in [1.54, 1.807) is 12.2 Å². The van der Waals surface area contributed by atoms with Gasteiger partial charge in [0.1, 0.15) is 5.41 Å². The van der Waals surface area contributed by atoms with Crippen molar-refractivity contribution in [2.75, 3.05) is 13.1 Å². The number of urea groups is 1. The molecule has 0 radical (unpaired) electrons. The Hall–Kier alpha value is -1.91. The molecule has 0 aromatic heterocycles. The molecule has 128 valence electrons. The number of barbiturate groups is 1. The predicted molar refractivity (Wildman–Crippen MR) is 90.7 cm³/mol. The van der Waals surface area contributed by atoms with Gasteiger partial charge >= 0.3 is 6.03 Å². The SMILES string of the molecule is C=CCC1(CC=C)C(=O)N(CCCC)C(=O)N(CCCC)C1=O. The third kappa shape index (κ3) is 3.71. The van der Waals surface area contributed by atoms with Crippen molar-refractivity contribution in [3.63, 3.8) is 0 Å². The van der Waals surface area contributed by atoms with Crippen LogP contribution in [0.1, 0.15) is 52.4 Å². The first kappa shape index (κ1) is 19.1. The van der Waals surface area contributed by atoms with E-state index < -0.39 is 23.3 Å². The summed E-state index contributed by atoms with van der Waals surface area (Å²) < 4.78 is 0. The molecule has 0 unspecified atom stereocenters. The van der Waals surface area contributed by atoms with Crippen LogP contribution in [0.2, 0.25) is 0 Å². The van der Waals surface area contributed by atoms with E-state index in [4.69, 9.17) is 0 Å². The standard InChI is InChI=1S/C18H28N2O3/c1-5-9-13-19-15(21)18(11-7-3,12-8-4)16(22)20(17(19)23)14-10-6-2/h7-8H,3-6,9-14H2,1-2H3. The van der Waals surface area contributed by atoms with Crippen LogP contribution in [-0.2, 0) is 9.59 Å². The summed E-state index contributed by atoms with van der Waals surface area (Å²) in [5, 5.41) is 0. The van der Waals surface area contributed by atoms with Gasteiger partial charge in [-0.2, -0.15) is 0 Å². The zero-order valence-corrected chi connectivity index (χ0v) is 14.3. The topological polar surface area (TPSA) is 57.7 Å². The summed E-state index contributed by atoms with van der Waals surface area (Å²) in [5.41, 5.74) is -1.26. The van der Waals surface area contributed by atoms with E-state index in [9.17, 15) is 14.4 Å². The Morgan fingerprint density at radius 2 is 1.26 bits per heavy atom. The van der Waals surface area contributed by atoms with Crippen LogP contribution in [0.4, 0.5) is 4.79 Å². The number of hydrogen-bond acceptors (Lipinski definition) is 3. The molecule has 1 aliphatic heterocycles.